The second kappa shape index (κ2) is 5.70. The number of anilines is 1. The Kier molecular flexibility index (Phi) is 3.88. The molecule has 1 unspecified atom stereocenters. The first-order chi connectivity index (χ1) is 10.5. The van der Waals surface area contributed by atoms with E-state index in [1.807, 2.05) is 0 Å². The maximum Gasteiger partial charge on any atom is 0.181 e. The molecular formula is C16H13F2NO2S. The molecule has 3 rings (SSSR count). The van der Waals surface area contributed by atoms with Crippen molar-refractivity contribution in [1.29, 1.82) is 0 Å². The van der Waals surface area contributed by atoms with Gasteiger partial charge in [0.15, 0.2) is 17.3 Å². The number of benzene rings is 2. The van der Waals surface area contributed by atoms with Crippen molar-refractivity contribution >= 4 is 23.1 Å². The SMILES string of the molecule is CN1Cc2c(ccc(F)c2F)C(O)c2cccc(SC=O)c21. The van der Waals surface area contributed by atoms with Crippen LogP contribution in [0.3, 0.4) is 0 Å². The highest BCUT2D eigenvalue weighted by Crippen LogP contribution is 2.42. The van der Waals surface area contributed by atoms with Crippen LogP contribution in [0.5, 0.6) is 0 Å². The van der Waals surface area contributed by atoms with Gasteiger partial charge >= 0.3 is 0 Å². The fraction of sp³-hybridized carbons (Fsp3) is 0.188. The number of fused-ring (bicyclic) bond motifs is 2. The van der Waals surface area contributed by atoms with Crippen LogP contribution in [0.4, 0.5) is 14.5 Å². The Bertz CT molecular complexity index is 751. The van der Waals surface area contributed by atoms with Gasteiger partial charge in [-0.1, -0.05) is 30.0 Å². The summed E-state index contributed by atoms with van der Waals surface area (Å²) in [6.07, 6.45) is -1.07. The molecule has 0 spiro atoms. The molecule has 1 aliphatic rings. The number of carbonyl (C=O) groups excluding carboxylic acids is 1. The quantitative estimate of drug-likeness (QED) is 0.681. The number of halogens is 2. The van der Waals surface area contributed by atoms with Crippen LogP contribution in [-0.2, 0) is 11.3 Å². The Labute approximate surface area is 130 Å². The number of thioether (sulfide) groups is 1. The summed E-state index contributed by atoms with van der Waals surface area (Å²) in [5.74, 6) is -1.88. The molecule has 1 N–H and O–H groups in total. The van der Waals surface area contributed by atoms with Gasteiger partial charge in [-0.3, -0.25) is 4.79 Å². The highest BCUT2D eigenvalue weighted by atomic mass is 32.2. The third-order valence-electron chi connectivity index (χ3n) is 3.80. The van der Waals surface area contributed by atoms with E-state index < -0.39 is 17.7 Å². The molecule has 0 aliphatic carbocycles. The van der Waals surface area contributed by atoms with Gasteiger partial charge in [-0.2, -0.15) is 0 Å². The van der Waals surface area contributed by atoms with Crippen molar-refractivity contribution in [2.24, 2.45) is 0 Å². The molecule has 3 nitrogen and oxygen atoms in total. The number of rotatable bonds is 2. The Morgan fingerprint density at radius 1 is 1.27 bits per heavy atom. The van der Waals surface area contributed by atoms with E-state index in [2.05, 4.69) is 0 Å². The lowest BCUT2D eigenvalue weighted by Gasteiger charge is -2.22. The molecule has 2 aromatic rings. The lowest BCUT2D eigenvalue weighted by molar-refractivity contribution is 0.219. The van der Waals surface area contributed by atoms with E-state index in [-0.39, 0.29) is 12.1 Å². The molecule has 1 heterocycles. The van der Waals surface area contributed by atoms with Gasteiger partial charge in [-0.05, 0) is 17.7 Å². The topological polar surface area (TPSA) is 40.5 Å². The Balaban J connectivity index is 2.24. The van der Waals surface area contributed by atoms with E-state index in [0.29, 0.717) is 27.3 Å². The van der Waals surface area contributed by atoms with E-state index in [0.717, 1.165) is 17.8 Å². The average Bonchev–Trinajstić information content (AvgIpc) is 2.61. The summed E-state index contributed by atoms with van der Waals surface area (Å²) in [5.41, 5.74) is 2.40. The highest BCUT2D eigenvalue weighted by molar-refractivity contribution is 8.12. The minimum absolute atomic E-state index is 0.111. The lowest BCUT2D eigenvalue weighted by atomic mass is 9.97. The molecule has 6 heteroatoms. The fourth-order valence-electron chi connectivity index (χ4n) is 2.82. The van der Waals surface area contributed by atoms with E-state index in [1.54, 1.807) is 30.1 Å². The summed E-state index contributed by atoms with van der Waals surface area (Å²) < 4.78 is 27.6. The van der Waals surface area contributed by atoms with Crippen molar-refractivity contribution in [1.82, 2.24) is 0 Å². The summed E-state index contributed by atoms with van der Waals surface area (Å²) in [5, 5.41) is 10.6. The number of carbonyl (C=O) groups is 1. The lowest BCUT2D eigenvalue weighted by Crippen LogP contribution is -2.18. The van der Waals surface area contributed by atoms with Gasteiger partial charge in [0.2, 0.25) is 0 Å². The molecule has 1 aliphatic heterocycles. The number of para-hydroxylation sites is 1. The summed E-state index contributed by atoms with van der Waals surface area (Å²) in [6.45, 7) is 0.111. The summed E-state index contributed by atoms with van der Waals surface area (Å²) in [6, 6.07) is 7.63. The molecular weight excluding hydrogens is 308 g/mol. The van der Waals surface area contributed by atoms with E-state index in [9.17, 15) is 18.7 Å². The van der Waals surface area contributed by atoms with Crippen LogP contribution in [0.25, 0.3) is 0 Å². The van der Waals surface area contributed by atoms with Gasteiger partial charge in [-0.15, -0.1) is 0 Å². The number of hydrogen-bond acceptors (Lipinski definition) is 4. The van der Waals surface area contributed by atoms with Crippen molar-refractivity contribution in [2.75, 3.05) is 11.9 Å². The molecule has 0 amide bonds. The fourth-order valence-corrected chi connectivity index (χ4v) is 3.47. The Morgan fingerprint density at radius 3 is 2.77 bits per heavy atom. The van der Waals surface area contributed by atoms with E-state index in [4.69, 9.17) is 0 Å². The number of aliphatic hydroxyl groups is 1. The van der Waals surface area contributed by atoms with Gasteiger partial charge in [0.25, 0.3) is 0 Å². The smallest absolute Gasteiger partial charge is 0.181 e. The van der Waals surface area contributed by atoms with Gasteiger partial charge in [-0.25, -0.2) is 8.78 Å². The van der Waals surface area contributed by atoms with Crippen molar-refractivity contribution in [2.45, 2.75) is 17.5 Å². The molecule has 0 bridgehead atoms. The highest BCUT2D eigenvalue weighted by Gasteiger charge is 2.29. The monoisotopic (exact) mass is 321 g/mol. The van der Waals surface area contributed by atoms with Crippen LogP contribution >= 0.6 is 11.8 Å². The maximum absolute atomic E-state index is 14.1. The standard InChI is InChI=1S/C16H13F2NO2S/c1-19-7-11-9(5-6-12(17)14(11)18)16(21)10-3-2-4-13(15(10)19)22-8-20/h2-6,8,16,21H,7H2,1H3. The number of hydrogen-bond donors (Lipinski definition) is 1. The minimum atomic E-state index is -1.07. The van der Waals surface area contributed by atoms with Gasteiger partial charge in [0.05, 0.1) is 5.69 Å². The van der Waals surface area contributed by atoms with Crippen molar-refractivity contribution < 1.29 is 18.7 Å². The second-order valence-electron chi connectivity index (χ2n) is 5.10. The van der Waals surface area contributed by atoms with Crippen molar-refractivity contribution in [3.05, 3.63) is 58.7 Å². The molecule has 114 valence electrons. The molecule has 1 atom stereocenters. The van der Waals surface area contributed by atoms with Crippen LogP contribution in [0.1, 0.15) is 22.8 Å². The molecule has 0 saturated heterocycles. The van der Waals surface area contributed by atoms with Crippen molar-refractivity contribution in [3.8, 4) is 0 Å². The Morgan fingerprint density at radius 2 is 2.05 bits per heavy atom. The average molecular weight is 321 g/mol. The first-order valence-corrected chi connectivity index (χ1v) is 7.51. The summed E-state index contributed by atoms with van der Waals surface area (Å²) in [4.78, 5) is 13.2. The summed E-state index contributed by atoms with van der Waals surface area (Å²) >= 11 is 0.990. The number of nitrogens with zero attached hydrogens (tertiary/aromatic N) is 1. The third-order valence-corrected chi connectivity index (χ3v) is 4.48. The van der Waals surface area contributed by atoms with Crippen LogP contribution in [0.2, 0.25) is 0 Å². The maximum atomic E-state index is 14.1. The van der Waals surface area contributed by atoms with Crippen LogP contribution in [0, 0.1) is 11.6 Å². The normalized spacial score (nSPS) is 16.7. The predicted octanol–water partition coefficient (Wildman–Crippen LogP) is 3.28. The van der Waals surface area contributed by atoms with Crippen LogP contribution in [-0.4, -0.2) is 17.8 Å². The predicted molar refractivity (Wildman–Crippen MR) is 81.6 cm³/mol. The number of aliphatic hydroxyl groups excluding tert-OH is 1. The molecule has 0 aromatic heterocycles. The first-order valence-electron chi connectivity index (χ1n) is 6.63. The van der Waals surface area contributed by atoms with Crippen molar-refractivity contribution in [3.63, 3.8) is 0 Å². The zero-order chi connectivity index (χ0) is 15.9. The van der Waals surface area contributed by atoms with Crippen LogP contribution in [0.15, 0.2) is 35.2 Å². The molecule has 22 heavy (non-hydrogen) atoms. The van der Waals surface area contributed by atoms with E-state index in [1.165, 1.54) is 6.07 Å². The minimum Gasteiger partial charge on any atom is -0.384 e. The third kappa shape index (κ3) is 2.28. The summed E-state index contributed by atoms with van der Waals surface area (Å²) in [7, 11) is 1.72. The van der Waals surface area contributed by atoms with Crippen LogP contribution < -0.4 is 4.90 Å². The molecule has 0 radical (unpaired) electrons. The van der Waals surface area contributed by atoms with Gasteiger partial charge < -0.3 is 10.0 Å². The Hall–Kier alpha value is -1.92. The second-order valence-corrected chi connectivity index (χ2v) is 5.96. The van der Waals surface area contributed by atoms with Gasteiger partial charge in [0, 0.05) is 29.6 Å². The molecule has 0 saturated carbocycles. The van der Waals surface area contributed by atoms with Gasteiger partial charge in [0.1, 0.15) is 6.10 Å². The zero-order valence-corrected chi connectivity index (χ0v) is 12.5. The first kappa shape index (κ1) is 15.0. The zero-order valence-electron chi connectivity index (χ0n) is 11.7. The largest absolute Gasteiger partial charge is 0.384 e. The molecule has 2 aromatic carbocycles. The van der Waals surface area contributed by atoms with E-state index >= 15 is 0 Å². The molecule has 0 fully saturated rings.